The molecule has 1 fully saturated rings. The van der Waals surface area contributed by atoms with Crippen LogP contribution in [0.5, 0.6) is 5.75 Å². The van der Waals surface area contributed by atoms with E-state index in [9.17, 15) is 4.39 Å². The Kier molecular flexibility index (Phi) is 3.47. The molecule has 2 rings (SSSR count). The molecule has 0 aromatic heterocycles. The fourth-order valence-electron chi connectivity index (χ4n) is 1.93. The molecule has 0 radical (unpaired) electrons. The molecule has 1 aliphatic rings. The summed E-state index contributed by atoms with van der Waals surface area (Å²) >= 11 is 5.59. The largest absolute Gasteiger partial charge is 0.490 e. The van der Waals surface area contributed by atoms with E-state index in [2.05, 4.69) is 0 Å². The first-order valence-electron chi connectivity index (χ1n) is 5.37. The lowest BCUT2D eigenvalue weighted by Gasteiger charge is -2.22. The van der Waals surface area contributed by atoms with Crippen LogP contribution in [0.3, 0.4) is 0 Å². The Hall–Kier alpha value is -0.760. The monoisotopic (exact) mass is 228 g/mol. The first-order chi connectivity index (χ1) is 7.25. The van der Waals surface area contributed by atoms with Gasteiger partial charge in [0.15, 0.2) is 0 Å². The number of benzene rings is 1. The third-order valence-electron chi connectivity index (χ3n) is 2.75. The second-order valence-electron chi connectivity index (χ2n) is 3.95. The van der Waals surface area contributed by atoms with E-state index < -0.39 is 5.82 Å². The number of hydrogen-bond acceptors (Lipinski definition) is 1. The Bertz CT molecular complexity index is 334. The minimum atomic E-state index is -0.412. The van der Waals surface area contributed by atoms with Gasteiger partial charge in [-0.2, -0.15) is 0 Å². The van der Waals surface area contributed by atoms with Gasteiger partial charge in [0.2, 0.25) is 0 Å². The van der Waals surface area contributed by atoms with Crippen LogP contribution in [-0.4, -0.2) is 6.10 Å². The molecule has 82 valence electrons. The molecule has 0 unspecified atom stereocenters. The van der Waals surface area contributed by atoms with Gasteiger partial charge in [-0.1, -0.05) is 18.0 Å². The SMILES string of the molecule is Fc1cc(OC2CCCCC2)ccc1Cl. The summed E-state index contributed by atoms with van der Waals surface area (Å²) in [7, 11) is 0. The van der Waals surface area contributed by atoms with Crippen LogP contribution < -0.4 is 4.74 Å². The molecule has 0 atom stereocenters. The molecule has 0 bridgehead atoms. The normalized spacial score (nSPS) is 17.7. The lowest BCUT2D eigenvalue weighted by atomic mass is 9.98. The Balaban J connectivity index is 2.00. The third kappa shape index (κ3) is 2.85. The maximum atomic E-state index is 13.1. The van der Waals surface area contributed by atoms with Crippen molar-refractivity contribution < 1.29 is 9.13 Å². The second-order valence-corrected chi connectivity index (χ2v) is 4.36. The fraction of sp³-hybridized carbons (Fsp3) is 0.500. The molecule has 0 amide bonds. The van der Waals surface area contributed by atoms with Crippen molar-refractivity contribution in [1.29, 1.82) is 0 Å². The molecule has 1 aromatic rings. The lowest BCUT2D eigenvalue weighted by molar-refractivity contribution is 0.154. The highest BCUT2D eigenvalue weighted by atomic mass is 35.5. The molecule has 0 saturated heterocycles. The summed E-state index contributed by atoms with van der Waals surface area (Å²) in [5.41, 5.74) is 0. The summed E-state index contributed by atoms with van der Waals surface area (Å²) in [6, 6.07) is 4.62. The van der Waals surface area contributed by atoms with Gasteiger partial charge >= 0.3 is 0 Å². The van der Waals surface area contributed by atoms with Crippen molar-refractivity contribution in [2.75, 3.05) is 0 Å². The average Bonchev–Trinajstić information content (AvgIpc) is 2.25. The second kappa shape index (κ2) is 4.84. The molecule has 1 nitrogen and oxygen atoms in total. The van der Waals surface area contributed by atoms with Crippen molar-refractivity contribution in [3.05, 3.63) is 29.0 Å². The standard InChI is InChI=1S/C12H14ClFO/c13-11-7-6-10(8-12(11)14)15-9-4-2-1-3-5-9/h6-9H,1-5H2. The molecule has 3 heteroatoms. The van der Waals surface area contributed by atoms with Gasteiger partial charge in [0.25, 0.3) is 0 Å². The average molecular weight is 229 g/mol. The van der Waals surface area contributed by atoms with Crippen LogP contribution in [0.4, 0.5) is 4.39 Å². The zero-order valence-electron chi connectivity index (χ0n) is 8.51. The van der Waals surface area contributed by atoms with Gasteiger partial charge in [0.05, 0.1) is 11.1 Å². The lowest BCUT2D eigenvalue weighted by Crippen LogP contribution is -2.19. The molecular formula is C12H14ClFO. The molecule has 0 N–H and O–H groups in total. The van der Waals surface area contributed by atoms with Crippen LogP contribution in [0, 0.1) is 5.82 Å². The maximum Gasteiger partial charge on any atom is 0.145 e. The van der Waals surface area contributed by atoms with E-state index in [0.717, 1.165) is 12.8 Å². The Morgan fingerprint density at radius 2 is 1.93 bits per heavy atom. The highest BCUT2D eigenvalue weighted by Crippen LogP contribution is 2.25. The van der Waals surface area contributed by atoms with Crippen LogP contribution in [0.1, 0.15) is 32.1 Å². The van der Waals surface area contributed by atoms with Gasteiger partial charge < -0.3 is 4.74 Å². The quantitative estimate of drug-likeness (QED) is 0.738. The van der Waals surface area contributed by atoms with Crippen molar-refractivity contribution in [2.45, 2.75) is 38.2 Å². The molecule has 0 spiro atoms. The van der Waals surface area contributed by atoms with Crippen molar-refractivity contribution >= 4 is 11.6 Å². The summed E-state index contributed by atoms with van der Waals surface area (Å²) in [5.74, 6) is 0.175. The van der Waals surface area contributed by atoms with Gasteiger partial charge in [-0.15, -0.1) is 0 Å². The zero-order valence-corrected chi connectivity index (χ0v) is 9.27. The van der Waals surface area contributed by atoms with Crippen LogP contribution >= 0.6 is 11.6 Å². The molecule has 15 heavy (non-hydrogen) atoms. The van der Waals surface area contributed by atoms with Gasteiger partial charge in [0.1, 0.15) is 11.6 Å². The number of rotatable bonds is 2. The van der Waals surface area contributed by atoms with E-state index in [1.807, 2.05) is 0 Å². The van der Waals surface area contributed by atoms with Gasteiger partial charge in [-0.3, -0.25) is 0 Å². The van der Waals surface area contributed by atoms with Crippen LogP contribution in [-0.2, 0) is 0 Å². The fourth-order valence-corrected chi connectivity index (χ4v) is 2.04. The molecule has 1 saturated carbocycles. The summed E-state index contributed by atoms with van der Waals surface area (Å²) in [6.07, 6.45) is 6.10. The molecule has 1 aliphatic carbocycles. The minimum Gasteiger partial charge on any atom is -0.490 e. The van der Waals surface area contributed by atoms with Gasteiger partial charge in [0, 0.05) is 6.07 Å². The summed E-state index contributed by atoms with van der Waals surface area (Å²) in [6.45, 7) is 0. The van der Waals surface area contributed by atoms with Crippen LogP contribution in [0.15, 0.2) is 18.2 Å². The number of halogens is 2. The Morgan fingerprint density at radius 3 is 2.60 bits per heavy atom. The first kappa shape index (κ1) is 10.7. The summed E-state index contributed by atoms with van der Waals surface area (Å²) in [4.78, 5) is 0. The van der Waals surface area contributed by atoms with E-state index in [1.165, 1.54) is 31.4 Å². The predicted octanol–water partition coefficient (Wildman–Crippen LogP) is 4.19. The summed E-state index contributed by atoms with van der Waals surface area (Å²) < 4.78 is 18.8. The van der Waals surface area contributed by atoms with Gasteiger partial charge in [-0.05, 0) is 37.8 Å². The minimum absolute atomic E-state index is 0.144. The van der Waals surface area contributed by atoms with Crippen LogP contribution in [0.2, 0.25) is 5.02 Å². The van der Waals surface area contributed by atoms with Crippen LogP contribution in [0.25, 0.3) is 0 Å². The number of ether oxygens (including phenoxy) is 1. The Labute approximate surface area is 94.2 Å². The highest BCUT2D eigenvalue weighted by molar-refractivity contribution is 6.30. The zero-order chi connectivity index (χ0) is 10.7. The van der Waals surface area contributed by atoms with E-state index in [0.29, 0.717) is 5.75 Å². The van der Waals surface area contributed by atoms with E-state index in [-0.39, 0.29) is 11.1 Å². The smallest absolute Gasteiger partial charge is 0.145 e. The first-order valence-corrected chi connectivity index (χ1v) is 5.75. The highest BCUT2D eigenvalue weighted by Gasteiger charge is 2.15. The molecule has 0 heterocycles. The topological polar surface area (TPSA) is 9.23 Å². The van der Waals surface area contributed by atoms with E-state index >= 15 is 0 Å². The van der Waals surface area contributed by atoms with Crippen molar-refractivity contribution in [3.63, 3.8) is 0 Å². The van der Waals surface area contributed by atoms with Gasteiger partial charge in [-0.25, -0.2) is 4.39 Å². The third-order valence-corrected chi connectivity index (χ3v) is 3.05. The molecule has 1 aromatic carbocycles. The van der Waals surface area contributed by atoms with E-state index in [1.54, 1.807) is 6.07 Å². The van der Waals surface area contributed by atoms with E-state index in [4.69, 9.17) is 16.3 Å². The predicted molar refractivity (Wildman–Crippen MR) is 58.9 cm³/mol. The molecular weight excluding hydrogens is 215 g/mol. The molecule has 0 aliphatic heterocycles. The number of hydrogen-bond donors (Lipinski definition) is 0. The summed E-state index contributed by atoms with van der Waals surface area (Å²) in [5, 5.41) is 0.144. The van der Waals surface area contributed by atoms with Crippen molar-refractivity contribution in [2.24, 2.45) is 0 Å². The Morgan fingerprint density at radius 1 is 1.20 bits per heavy atom. The maximum absolute atomic E-state index is 13.1. The van der Waals surface area contributed by atoms with Crippen molar-refractivity contribution in [1.82, 2.24) is 0 Å². The van der Waals surface area contributed by atoms with Crippen molar-refractivity contribution in [3.8, 4) is 5.75 Å².